The van der Waals surface area contributed by atoms with Crippen molar-refractivity contribution in [2.45, 2.75) is 58.4 Å². The normalized spacial score (nSPS) is 35.3. The quantitative estimate of drug-likeness (QED) is 0.741. The van der Waals surface area contributed by atoms with Crippen molar-refractivity contribution in [3.05, 3.63) is 0 Å². The Bertz CT molecular complexity index is 217. The number of hydrogen-bond acceptors (Lipinski definition) is 2. The van der Waals surface area contributed by atoms with Gasteiger partial charge in [0.1, 0.15) is 0 Å². The second kappa shape index (κ2) is 6.75. The summed E-state index contributed by atoms with van der Waals surface area (Å²) >= 11 is 0. The van der Waals surface area contributed by atoms with Crippen molar-refractivity contribution in [1.29, 1.82) is 0 Å². The van der Waals surface area contributed by atoms with Crippen LogP contribution < -0.4 is 5.32 Å². The van der Waals surface area contributed by atoms with E-state index in [-0.39, 0.29) is 0 Å². The molecule has 0 aromatic carbocycles. The molecule has 0 radical (unpaired) electrons. The maximum atomic E-state index is 3.59. The summed E-state index contributed by atoms with van der Waals surface area (Å²) in [4.78, 5) is 2.79. The Hall–Kier alpha value is -0.0800. The molecule has 0 bridgehead atoms. The summed E-state index contributed by atoms with van der Waals surface area (Å²) in [7, 11) is 0. The fraction of sp³-hybridized carbons (Fsp3) is 1.00. The molecular formula is C15H30N2. The van der Waals surface area contributed by atoms with Crippen LogP contribution in [0.1, 0.15) is 52.4 Å². The summed E-state index contributed by atoms with van der Waals surface area (Å²) in [6.45, 7) is 9.85. The minimum absolute atomic E-state index is 0.903. The third kappa shape index (κ3) is 3.69. The summed E-state index contributed by atoms with van der Waals surface area (Å²) in [6.07, 6.45) is 8.52. The van der Waals surface area contributed by atoms with Gasteiger partial charge in [0.05, 0.1) is 0 Å². The number of likely N-dealkylation sites (tertiary alicyclic amines) is 1. The molecule has 100 valence electrons. The average Bonchev–Trinajstić information content (AvgIpc) is 2.79. The SMILES string of the molecule is CCCNCC1CCN(C2CCCCC2C)C1. The molecule has 1 saturated carbocycles. The van der Waals surface area contributed by atoms with Gasteiger partial charge in [0.25, 0.3) is 0 Å². The first-order valence-electron chi connectivity index (χ1n) is 7.76. The minimum atomic E-state index is 0.903. The Morgan fingerprint density at radius 1 is 1.18 bits per heavy atom. The van der Waals surface area contributed by atoms with Crippen molar-refractivity contribution in [3.63, 3.8) is 0 Å². The monoisotopic (exact) mass is 238 g/mol. The van der Waals surface area contributed by atoms with Crippen LogP contribution in [0.2, 0.25) is 0 Å². The highest BCUT2D eigenvalue weighted by Gasteiger charge is 2.32. The van der Waals surface area contributed by atoms with Crippen molar-refractivity contribution < 1.29 is 0 Å². The topological polar surface area (TPSA) is 15.3 Å². The van der Waals surface area contributed by atoms with Crippen LogP contribution in [0, 0.1) is 11.8 Å². The van der Waals surface area contributed by atoms with Crippen molar-refractivity contribution in [1.82, 2.24) is 10.2 Å². The first-order chi connectivity index (χ1) is 8.31. The van der Waals surface area contributed by atoms with E-state index >= 15 is 0 Å². The van der Waals surface area contributed by atoms with Crippen LogP contribution in [0.3, 0.4) is 0 Å². The molecule has 2 nitrogen and oxygen atoms in total. The molecule has 1 heterocycles. The molecule has 1 N–H and O–H groups in total. The van der Waals surface area contributed by atoms with E-state index in [2.05, 4.69) is 24.1 Å². The largest absolute Gasteiger partial charge is 0.316 e. The van der Waals surface area contributed by atoms with Gasteiger partial charge in [-0.25, -0.2) is 0 Å². The van der Waals surface area contributed by atoms with Gasteiger partial charge < -0.3 is 5.32 Å². The molecule has 0 aromatic heterocycles. The van der Waals surface area contributed by atoms with Crippen molar-refractivity contribution in [2.24, 2.45) is 11.8 Å². The molecule has 3 atom stereocenters. The van der Waals surface area contributed by atoms with E-state index in [0.717, 1.165) is 17.9 Å². The molecule has 0 aromatic rings. The predicted octanol–water partition coefficient (Wildman–Crippen LogP) is 2.89. The molecule has 1 aliphatic heterocycles. The second-order valence-corrected chi connectivity index (χ2v) is 6.18. The highest BCUT2D eigenvalue weighted by atomic mass is 15.2. The van der Waals surface area contributed by atoms with Gasteiger partial charge in [0.15, 0.2) is 0 Å². The fourth-order valence-electron chi connectivity index (χ4n) is 3.65. The highest BCUT2D eigenvalue weighted by Crippen LogP contribution is 2.31. The zero-order valence-corrected chi connectivity index (χ0v) is 11.8. The van der Waals surface area contributed by atoms with Gasteiger partial charge in [-0.3, -0.25) is 4.90 Å². The lowest BCUT2D eigenvalue weighted by molar-refractivity contribution is 0.134. The molecule has 2 fully saturated rings. The molecule has 2 aliphatic rings. The average molecular weight is 238 g/mol. The predicted molar refractivity (Wildman–Crippen MR) is 74.3 cm³/mol. The summed E-state index contributed by atoms with van der Waals surface area (Å²) in [5.74, 6) is 1.85. The summed E-state index contributed by atoms with van der Waals surface area (Å²) in [5, 5.41) is 3.59. The Morgan fingerprint density at radius 2 is 2.00 bits per heavy atom. The fourth-order valence-corrected chi connectivity index (χ4v) is 3.65. The molecular weight excluding hydrogens is 208 g/mol. The van der Waals surface area contributed by atoms with E-state index in [1.54, 1.807) is 0 Å². The lowest BCUT2D eigenvalue weighted by atomic mass is 9.85. The van der Waals surface area contributed by atoms with Crippen LogP contribution in [0.25, 0.3) is 0 Å². The van der Waals surface area contributed by atoms with E-state index < -0.39 is 0 Å². The number of hydrogen-bond donors (Lipinski definition) is 1. The first-order valence-corrected chi connectivity index (χ1v) is 7.76. The van der Waals surface area contributed by atoms with Gasteiger partial charge >= 0.3 is 0 Å². The van der Waals surface area contributed by atoms with Gasteiger partial charge in [0, 0.05) is 12.6 Å². The van der Waals surface area contributed by atoms with E-state index in [9.17, 15) is 0 Å². The van der Waals surface area contributed by atoms with Gasteiger partial charge in [-0.2, -0.15) is 0 Å². The molecule has 2 heteroatoms. The number of rotatable bonds is 5. The van der Waals surface area contributed by atoms with Crippen LogP contribution in [-0.4, -0.2) is 37.1 Å². The van der Waals surface area contributed by atoms with E-state index in [1.165, 1.54) is 64.7 Å². The minimum Gasteiger partial charge on any atom is -0.316 e. The van der Waals surface area contributed by atoms with E-state index in [4.69, 9.17) is 0 Å². The molecule has 3 unspecified atom stereocenters. The van der Waals surface area contributed by atoms with E-state index in [1.807, 2.05) is 0 Å². The number of nitrogens with zero attached hydrogens (tertiary/aromatic N) is 1. The molecule has 0 spiro atoms. The molecule has 0 amide bonds. The molecule has 1 saturated heterocycles. The van der Waals surface area contributed by atoms with Crippen LogP contribution in [0.4, 0.5) is 0 Å². The van der Waals surface area contributed by atoms with Gasteiger partial charge in [-0.15, -0.1) is 0 Å². The summed E-state index contributed by atoms with van der Waals surface area (Å²) < 4.78 is 0. The van der Waals surface area contributed by atoms with Gasteiger partial charge in [-0.05, 0) is 57.2 Å². The maximum Gasteiger partial charge on any atom is 0.0121 e. The Kier molecular flexibility index (Phi) is 5.30. The van der Waals surface area contributed by atoms with Crippen LogP contribution >= 0.6 is 0 Å². The second-order valence-electron chi connectivity index (χ2n) is 6.18. The maximum absolute atomic E-state index is 3.59. The third-order valence-electron chi connectivity index (χ3n) is 4.71. The summed E-state index contributed by atoms with van der Waals surface area (Å²) in [6, 6.07) is 0.903. The zero-order valence-electron chi connectivity index (χ0n) is 11.8. The third-order valence-corrected chi connectivity index (χ3v) is 4.71. The number of nitrogens with one attached hydrogen (secondary N) is 1. The zero-order chi connectivity index (χ0) is 12.1. The van der Waals surface area contributed by atoms with Crippen molar-refractivity contribution >= 4 is 0 Å². The molecule has 1 aliphatic carbocycles. The molecule has 2 rings (SSSR count). The van der Waals surface area contributed by atoms with Gasteiger partial charge in [-0.1, -0.05) is 26.7 Å². The van der Waals surface area contributed by atoms with Crippen molar-refractivity contribution in [2.75, 3.05) is 26.2 Å². The van der Waals surface area contributed by atoms with E-state index in [0.29, 0.717) is 0 Å². The smallest absolute Gasteiger partial charge is 0.0121 e. The lowest BCUT2D eigenvalue weighted by Crippen LogP contribution is -2.40. The molecule has 17 heavy (non-hydrogen) atoms. The van der Waals surface area contributed by atoms with Crippen LogP contribution in [0.15, 0.2) is 0 Å². The van der Waals surface area contributed by atoms with Crippen molar-refractivity contribution in [3.8, 4) is 0 Å². The van der Waals surface area contributed by atoms with Crippen LogP contribution in [-0.2, 0) is 0 Å². The highest BCUT2D eigenvalue weighted by molar-refractivity contribution is 4.87. The Labute approximate surface area is 107 Å². The first kappa shape index (κ1) is 13.4. The summed E-state index contributed by atoms with van der Waals surface area (Å²) in [5.41, 5.74) is 0. The Morgan fingerprint density at radius 3 is 2.76 bits per heavy atom. The Balaban J connectivity index is 1.72. The van der Waals surface area contributed by atoms with Gasteiger partial charge in [0.2, 0.25) is 0 Å². The van der Waals surface area contributed by atoms with Crippen LogP contribution in [0.5, 0.6) is 0 Å². The lowest BCUT2D eigenvalue weighted by Gasteiger charge is -2.36. The standard InChI is InChI=1S/C15H30N2/c1-3-9-16-11-14-8-10-17(12-14)15-7-5-4-6-13(15)2/h13-16H,3-12H2,1-2H3.